The Labute approximate surface area is 165 Å². The van der Waals surface area contributed by atoms with Crippen LogP contribution in [0.3, 0.4) is 0 Å². The smallest absolute Gasteiger partial charge is 0.352 e. The summed E-state index contributed by atoms with van der Waals surface area (Å²) in [4.78, 5) is 16.2. The summed E-state index contributed by atoms with van der Waals surface area (Å²) in [7, 11) is 0. The average Bonchev–Trinajstić information content (AvgIpc) is 3.28. The highest BCUT2D eigenvalue weighted by Gasteiger charge is 2.31. The average molecular weight is 401 g/mol. The molecule has 1 aliphatic heterocycles. The molecular weight excluding hydrogens is 383 g/mol. The minimum atomic E-state index is -4.47. The number of rotatable bonds is 3. The lowest BCUT2D eigenvalue weighted by Crippen LogP contribution is -2.49. The molecule has 0 unspecified atom stereocenters. The van der Waals surface area contributed by atoms with Crippen molar-refractivity contribution in [2.45, 2.75) is 6.18 Å². The number of carbonyl (C=O) groups excluding carboxylic acids is 1. The van der Waals surface area contributed by atoms with Gasteiger partial charge in [-0.15, -0.1) is 10.2 Å². The highest BCUT2D eigenvalue weighted by atomic mass is 19.4. The fourth-order valence-corrected chi connectivity index (χ4v) is 3.26. The normalized spacial score (nSPS) is 14.9. The van der Waals surface area contributed by atoms with Gasteiger partial charge in [0.05, 0.1) is 5.56 Å². The summed E-state index contributed by atoms with van der Waals surface area (Å²) in [6.07, 6.45) is -0.718. The van der Waals surface area contributed by atoms with Crippen molar-refractivity contribution in [1.82, 2.24) is 19.7 Å². The zero-order chi connectivity index (χ0) is 20.4. The van der Waals surface area contributed by atoms with Crippen molar-refractivity contribution in [2.75, 3.05) is 31.1 Å². The van der Waals surface area contributed by atoms with Crippen LogP contribution in [0, 0.1) is 0 Å². The second-order valence-corrected chi connectivity index (χ2v) is 6.70. The van der Waals surface area contributed by atoms with Crippen LogP contribution in [-0.4, -0.2) is 51.8 Å². The van der Waals surface area contributed by atoms with E-state index in [4.69, 9.17) is 0 Å². The summed E-state index contributed by atoms with van der Waals surface area (Å²) in [6, 6.07) is 12.1. The number of carbonyl (C=O) groups is 1. The maximum Gasteiger partial charge on any atom is 0.416 e. The lowest BCUT2D eigenvalue weighted by atomic mass is 10.1. The molecule has 3 aromatic rings. The van der Waals surface area contributed by atoms with Crippen LogP contribution in [0.4, 0.5) is 19.0 Å². The topological polar surface area (TPSA) is 54.3 Å². The number of aromatic nitrogens is 3. The molecule has 0 atom stereocenters. The number of hydrogen-bond acceptors (Lipinski definition) is 4. The molecule has 0 aliphatic carbocycles. The van der Waals surface area contributed by atoms with Crippen molar-refractivity contribution in [3.05, 3.63) is 72.1 Å². The van der Waals surface area contributed by atoms with Crippen molar-refractivity contribution >= 4 is 11.7 Å². The third kappa shape index (κ3) is 4.08. The lowest BCUT2D eigenvalue weighted by molar-refractivity contribution is -0.137. The van der Waals surface area contributed by atoms with E-state index < -0.39 is 17.6 Å². The van der Waals surface area contributed by atoms with E-state index in [0.29, 0.717) is 37.8 Å². The molecule has 0 bridgehead atoms. The van der Waals surface area contributed by atoms with Crippen molar-refractivity contribution in [3.8, 4) is 5.82 Å². The van der Waals surface area contributed by atoms with Gasteiger partial charge in [-0.3, -0.25) is 4.79 Å². The number of piperazine rings is 1. The zero-order valence-corrected chi connectivity index (χ0v) is 15.4. The fraction of sp³-hybridized carbons (Fsp3) is 0.250. The lowest BCUT2D eigenvalue weighted by Gasteiger charge is -2.35. The standard InChI is InChI=1S/C20H18F3N5O/c21-20(22,23)16-5-3-4-15(14-16)19(29)28-12-10-27(11-13-28)18-7-6-17(24-25-18)26-8-1-2-9-26/h1-9,14H,10-13H2. The van der Waals surface area contributed by atoms with E-state index in [2.05, 4.69) is 10.2 Å². The summed E-state index contributed by atoms with van der Waals surface area (Å²) in [5.74, 6) is 1.01. The van der Waals surface area contributed by atoms with Crippen molar-refractivity contribution in [1.29, 1.82) is 0 Å². The van der Waals surface area contributed by atoms with Gasteiger partial charge >= 0.3 is 6.18 Å². The quantitative estimate of drug-likeness (QED) is 0.676. The number of alkyl halides is 3. The molecule has 1 saturated heterocycles. The number of hydrogen-bond donors (Lipinski definition) is 0. The number of anilines is 1. The molecule has 0 radical (unpaired) electrons. The first kappa shape index (κ1) is 19.0. The third-order valence-electron chi connectivity index (χ3n) is 4.83. The monoisotopic (exact) mass is 401 g/mol. The van der Waals surface area contributed by atoms with E-state index in [1.165, 1.54) is 12.1 Å². The molecule has 3 heterocycles. The van der Waals surface area contributed by atoms with Crippen molar-refractivity contribution < 1.29 is 18.0 Å². The van der Waals surface area contributed by atoms with Crippen LogP contribution in [0.1, 0.15) is 15.9 Å². The molecule has 0 spiro atoms. The predicted molar refractivity (Wildman–Crippen MR) is 101 cm³/mol. The summed E-state index contributed by atoms with van der Waals surface area (Å²) < 4.78 is 40.5. The van der Waals surface area contributed by atoms with Crippen LogP contribution < -0.4 is 4.90 Å². The van der Waals surface area contributed by atoms with E-state index in [-0.39, 0.29) is 5.56 Å². The van der Waals surface area contributed by atoms with Crippen LogP contribution in [0.2, 0.25) is 0 Å². The largest absolute Gasteiger partial charge is 0.416 e. The van der Waals surface area contributed by atoms with Gasteiger partial charge in [0.15, 0.2) is 11.6 Å². The van der Waals surface area contributed by atoms with E-state index in [0.717, 1.165) is 12.1 Å². The van der Waals surface area contributed by atoms with Crippen LogP contribution in [0.5, 0.6) is 0 Å². The molecule has 1 amide bonds. The molecule has 6 nitrogen and oxygen atoms in total. The van der Waals surface area contributed by atoms with Crippen molar-refractivity contribution in [3.63, 3.8) is 0 Å². The van der Waals surface area contributed by atoms with Gasteiger partial charge in [0.1, 0.15) is 0 Å². The van der Waals surface area contributed by atoms with Gasteiger partial charge < -0.3 is 14.4 Å². The van der Waals surface area contributed by atoms with Gasteiger partial charge in [0, 0.05) is 44.1 Å². The minimum absolute atomic E-state index is 0.0455. The number of halogens is 3. The van der Waals surface area contributed by atoms with Gasteiger partial charge in [0.25, 0.3) is 5.91 Å². The first-order chi connectivity index (χ1) is 13.9. The van der Waals surface area contributed by atoms with Gasteiger partial charge in [-0.25, -0.2) is 0 Å². The number of amides is 1. The van der Waals surface area contributed by atoms with E-state index in [1.807, 2.05) is 46.1 Å². The summed E-state index contributed by atoms with van der Waals surface area (Å²) in [5.41, 5.74) is -0.774. The highest BCUT2D eigenvalue weighted by molar-refractivity contribution is 5.94. The molecule has 0 N–H and O–H groups in total. The number of nitrogens with zero attached hydrogens (tertiary/aromatic N) is 5. The first-order valence-corrected chi connectivity index (χ1v) is 9.10. The molecule has 4 rings (SSSR count). The molecular formula is C20H18F3N5O. The van der Waals surface area contributed by atoms with Gasteiger partial charge in [-0.1, -0.05) is 6.07 Å². The SMILES string of the molecule is O=C(c1cccc(C(F)(F)F)c1)N1CCN(c2ccc(-n3cccc3)nn2)CC1. The number of benzene rings is 1. The molecule has 29 heavy (non-hydrogen) atoms. The Kier molecular flexibility index (Phi) is 4.96. The van der Waals surface area contributed by atoms with E-state index in [9.17, 15) is 18.0 Å². The maximum atomic E-state index is 12.9. The predicted octanol–water partition coefficient (Wildman–Crippen LogP) is 3.25. The Hall–Kier alpha value is -3.36. The van der Waals surface area contributed by atoms with Crippen molar-refractivity contribution in [2.24, 2.45) is 0 Å². The molecule has 1 fully saturated rings. The van der Waals surface area contributed by atoms with E-state index in [1.54, 1.807) is 4.90 Å². The highest BCUT2D eigenvalue weighted by Crippen LogP contribution is 2.30. The molecule has 1 aliphatic rings. The third-order valence-corrected chi connectivity index (χ3v) is 4.83. The Bertz CT molecular complexity index is 978. The molecule has 150 valence electrons. The Morgan fingerprint density at radius 3 is 2.14 bits per heavy atom. The minimum Gasteiger partial charge on any atom is -0.352 e. The van der Waals surface area contributed by atoms with E-state index >= 15 is 0 Å². The molecule has 2 aromatic heterocycles. The zero-order valence-electron chi connectivity index (χ0n) is 15.4. The van der Waals surface area contributed by atoms with Crippen LogP contribution >= 0.6 is 0 Å². The summed E-state index contributed by atoms with van der Waals surface area (Å²) in [5, 5.41) is 8.47. The Morgan fingerprint density at radius 2 is 1.52 bits per heavy atom. The van der Waals surface area contributed by atoms with Crippen LogP contribution in [-0.2, 0) is 6.18 Å². The first-order valence-electron chi connectivity index (χ1n) is 9.10. The second-order valence-electron chi connectivity index (χ2n) is 6.70. The van der Waals surface area contributed by atoms with Gasteiger partial charge in [-0.05, 0) is 42.5 Å². The van der Waals surface area contributed by atoms with Gasteiger partial charge in [0.2, 0.25) is 0 Å². The molecule has 0 saturated carbocycles. The summed E-state index contributed by atoms with van der Waals surface area (Å²) >= 11 is 0. The maximum absolute atomic E-state index is 12.9. The summed E-state index contributed by atoms with van der Waals surface area (Å²) in [6.45, 7) is 1.86. The van der Waals surface area contributed by atoms with Crippen LogP contribution in [0.25, 0.3) is 5.82 Å². The Balaban J connectivity index is 1.40. The molecule has 1 aromatic carbocycles. The van der Waals surface area contributed by atoms with Gasteiger partial charge in [-0.2, -0.15) is 13.2 Å². The second kappa shape index (κ2) is 7.57. The Morgan fingerprint density at radius 1 is 0.862 bits per heavy atom. The fourth-order valence-electron chi connectivity index (χ4n) is 3.26. The van der Waals surface area contributed by atoms with Crippen LogP contribution in [0.15, 0.2) is 60.9 Å². The molecule has 9 heteroatoms.